The summed E-state index contributed by atoms with van der Waals surface area (Å²) in [6.07, 6.45) is 0. The van der Waals surface area contributed by atoms with Gasteiger partial charge in [-0.05, 0) is 6.07 Å². The molecule has 4 rings (SSSR count). The van der Waals surface area contributed by atoms with E-state index < -0.39 is 11.9 Å². The molecule has 0 fully saturated rings. The molecule has 29 heavy (non-hydrogen) atoms. The summed E-state index contributed by atoms with van der Waals surface area (Å²) in [4.78, 5) is 28.8. The fraction of sp³-hybridized carbons (Fsp3) is 0.100. The monoisotopic (exact) mass is 427 g/mol. The topological polar surface area (TPSA) is 94.3 Å². The zero-order valence-corrected chi connectivity index (χ0v) is 16.5. The molecule has 0 aliphatic carbocycles. The molecular formula is C20H14ClN3O4S. The summed E-state index contributed by atoms with van der Waals surface area (Å²) in [5, 5.41) is 7.54. The van der Waals surface area contributed by atoms with Crippen molar-refractivity contribution < 1.29 is 18.8 Å². The van der Waals surface area contributed by atoms with Gasteiger partial charge in [0.2, 0.25) is 5.82 Å². The SMILES string of the molecule is O=C(CNC(=O)c1sc2ccccc2c1Cl)OCc1nc(-c2ccccc2)no1. The molecule has 0 aliphatic heterocycles. The van der Waals surface area contributed by atoms with Gasteiger partial charge in [-0.1, -0.05) is 65.3 Å². The average Bonchev–Trinajstić information content (AvgIpc) is 3.36. The van der Waals surface area contributed by atoms with Gasteiger partial charge < -0.3 is 14.6 Å². The second-order valence-electron chi connectivity index (χ2n) is 5.96. The highest BCUT2D eigenvalue weighted by Gasteiger charge is 2.18. The summed E-state index contributed by atoms with van der Waals surface area (Å²) in [6.45, 7) is -0.485. The predicted molar refractivity (Wildman–Crippen MR) is 109 cm³/mol. The molecule has 0 spiro atoms. The van der Waals surface area contributed by atoms with Crippen LogP contribution in [0.25, 0.3) is 21.5 Å². The maximum atomic E-state index is 12.3. The van der Waals surface area contributed by atoms with Crippen molar-refractivity contribution in [3.63, 3.8) is 0 Å². The zero-order valence-electron chi connectivity index (χ0n) is 14.9. The van der Waals surface area contributed by atoms with E-state index in [0.717, 1.165) is 15.6 Å². The molecule has 146 valence electrons. The van der Waals surface area contributed by atoms with E-state index in [1.54, 1.807) is 0 Å². The van der Waals surface area contributed by atoms with E-state index in [4.69, 9.17) is 20.9 Å². The number of amides is 1. The van der Waals surface area contributed by atoms with Crippen LogP contribution in [0.5, 0.6) is 0 Å². The maximum Gasteiger partial charge on any atom is 0.325 e. The number of nitrogens with one attached hydrogen (secondary N) is 1. The lowest BCUT2D eigenvalue weighted by atomic mass is 10.2. The van der Waals surface area contributed by atoms with Gasteiger partial charge in [0.15, 0.2) is 6.61 Å². The second kappa shape index (κ2) is 8.42. The summed E-state index contributed by atoms with van der Waals surface area (Å²) in [6, 6.07) is 16.7. The van der Waals surface area contributed by atoms with E-state index in [9.17, 15) is 9.59 Å². The van der Waals surface area contributed by atoms with Crippen LogP contribution in [0.1, 0.15) is 15.6 Å². The Balaban J connectivity index is 1.30. The first-order chi connectivity index (χ1) is 14.1. The number of hydrogen-bond acceptors (Lipinski definition) is 7. The molecule has 9 heteroatoms. The Morgan fingerprint density at radius 3 is 2.66 bits per heavy atom. The normalized spacial score (nSPS) is 10.8. The summed E-state index contributed by atoms with van der Waals surface area (Å²) in [5.41, 5.74) is 0.793. The van der Waals surface area contributed by atoms with Crippen molar-refractivity contribution in [1.82, 2.24) is 15.5 Å². The Bertz CT molecular complexity index is 1170. The van der Waals surface area contributed by atoms with Gasteiger partial charge in [-0.25, -0.2) is 0 Å². The van der Waals surface area contributed by atoms with Crippen molar-refractivity contribution in [3.8, 4) is 11.4 Å². The first-order valence-corrected chi connectivity index (χ1v) is 9.80. The number of esters is 1. The van der Waals surface area contributed by atoms with Gasteiger partial charge in [0.05, 0.1) is 5.02 Å². The van der Waals surface area contributed by atoms with Gasteiger partial charge in [0.25, 0.3) is 11.8 Å². The molecule has 0 aliphatic rings. The number of nitrogens with zero attached hydrogens (tertiary/aromatic N) is 2. The Hall–Kier alpha value is -3.23. The molecule has 0 saturated carbocycles. The molecule has 2 aromatic carbocycles. The van der Waals surface area contributed by atoms with Gasteiger partial charge >= 0.3 is 5.97 Å². The molecule has 0 radical (unpaired) electrons. The van der Waals surface area contributed by atoms with Crippen molar-refractivity contribution in [1.29, 1.82) is 0 Å². The summed E-state index contributed by atoms with van der Waals surface area (Å²) in [7, 11) is 0. The quantitative estimate of drug-likeness (QED) is 0.466. The number of fused-ring (bicyclic) bond motifs is 1. The van der Waals surface area contributed by atoms with Crippen LogP contribution in [0.3, 0.4) is 0 Å². The smallest absolute Gasteiger partial charge is 0.325 e. The van der Waals surface area contributed by atoms with Crippen molar-refractivity contribution in [2.75, 3.05) is 6.54 Å². The Kier molecular flexibility index (Phi) is 5.55. The number of aromatic nitrogens is 2. The molecular weight excluding hydrogens is 414 g/mol. The lowest BCUT2D eigenvalue weighted by Gasteiger charge is -2.04. The minimum atomic E-state index is -0.630. The number of halogens is 1. The maximum absolute atomic E-state index is 12.3. The highest BCUT2D eigenvalue weighted by molar-refractivity contribution is 7.21. The van der Waals surface area contributed by atoms with E-state index in [1.165, 1.54) is 11.3 Å². The van der Waals surface area contributed by atoms with Crippen molar-refractivity contribution in [2.24, 2.45) is 0 Å². The van der Waals surface area contributed by atoms with Gasteiger partial charge in [0, 0.05) is 15.6 Å². The van der Waals surface area contributed by atoms with E-state index in [-0.39, 0.29) is 19.0 Å². The molecule has 7 nitrogen and oxygen atoms in total. The Labute approximate surface area is 174 Å². The van der Waals surface area contributed by atoms with Crippen LogP contribution in [0.4, 0.5) is 0 Å². The van der Waals surface area contributed by atoms with E-state index in [2.05, 4.69) is 15.5 Å². The van der Waals surface area contributed by atoms with E-state index in [1.807, 2.05) is 54.6 Å². The molecule has 0 atom stereocenters. The number of ether oxygens (including phenoxy) is 1. The Morgan fingerprint density at radius 1 is 1.10 bits per heavy atom. The number of carbonyl (C=O) groups excluding carboxylic acids is 2. The summed E-state index contributed by atoms with van der Waals surface area (Å²) >= 11 is 7.53. The third kappa shape index (κ3) is 4.28. The van der Waals surface area contributed by atoms with Gasteiger partial charge in [-0.15, -0.1) is 11.3 Å². The zero-order chi connectivity index (χ0) is 20.2. The third-order valence-corrected chi connectivity index (χ3v) is 5.67. The van der Waals surface area contributed by atoms with Gasteiger partial charge in [-0.2, -0.15) is 4.98 Å². The van der Waals surface area contributed by atoms with Crippen molar-refractivity contribution in [2.45, 2.75) is 6.61 Å². The Morgan fingerprint density at radius 2 is 1.86 bits per heavy atom. The summed E-state index contributed by atoms with van der Waals surface area (Å²) in [5.74, 6) is -0.493. The molecule has 0 unspecified atom stereocenters. The van der Waals surface area contributed by atoms with Crippen LogP contribution < -0.4 is 5.32 Å². The summed E-state index contributed by atoms with van der Waals surface area (Å²) < 4.78 is 11.0. The van der Waals surface area contributed by atoms with E-state index >= 15 is 0 Å². The lowest BCUT2D eigenvalue weighted by Crippen LogP contribution is -2.30. The van der Waals surface area contributed by atoms with Crippen LogP contribution in [-0.4, -0.2) is 28.6 Å². The van der Waals surface area contributed by atoms with Gasteiger partial charge in [0.1, 0.15) is 11.4 Å². The molecule has 1 amide bonds. The third-order valence-electron chi connectivity index (χ3n) is 3.99. The number of rotatable bonds is 6. The van der Waals surface area contributed by atoms with Crippen LogP contribution in [0.2, 0.25) is 5.02 Å². The number of benzene rings is 2. The minimum Gasteiger partial charge on any atom is -0.454 e. The fourth-order valence-corrected chi connectivity index (χ4v) is 4.04. The molecule has 2 aromatic heterocycles. The number of thiophene rings is 1. The van der Waals surface area contributed by atoms with Crippen molar-refractivity contribution in [3.05, 3.63) is 70.4 Å². The number of carbonyl (C=O) groups is 2. The van der Waals surface area contributed by atoms with E-state index in [0.29, 0.717) is 15.7 Å². The first-order valence-electron chi connectivity index (χ1n) is 8.60. The van der Waals surface area contributed by atoms with Crippen LogP contribution >= 0.6 is 22.9 Å². The second-order valence-corrected chi connectivity index (χ2v) is 7.39. The highest BCUT2D eigenvalue weighted by atomic mass is 35.5. The lowest BCUT2D eigenvalue weighted by molar-refractivity contribution is -0.144. The molecule has 1 N–H and O–H groups in total. The predicted octanol–water partition coefficient (Wildman–Crippen LogP) is 4.08. The molecule has 0 bridgehead atoms. The highest BCUT2D eigenvalue weighted by Crippen LogP contribution is 2.34. The van der Waals surface area contributed by atoms with Gasteiger partial charge in [-0.3, -0.25) is 9.59 Å². The standard InChI is InChI=1S/C20H14ClN3O4S/c21-17-13-8-4-5-9-14(13)29-18(17)20(26)22-10-16(25)27-11-15-23-19(24-28-15)12-6-2-1-3-7-12/h1-9H,10-11H2,(H,22,26). The largest absolute Gasteiger partial charge is 0.454 e. The molecule has 2 heterocycles. The fourth-order valence-electron chi connectivity index (χ4n) is 2.60. The molecule has 0 saturated heterocycles. The molecule has 4 aromatic rings. The van der Waals surface area contributed by atoms with Crippen LogP contribution in [0, 0.1) is 0 Å². The van der Waals surface area contributed by atoms with Crippen molar-refractivity contribution >= 4 is 44.9 Å². The minimum absolute atomic E-state index is 0.163. The average molecular weight is 428 g/mol. The first kappa shape index (κ1) is 19.1. The van der Waals surface area contributed by atoms with Crippen LogP contribution in [0.15, 0.2) is 59.1 Å². The van der Waals surface area contributed by atoms with Crippen LogP contribution in [-0.2, 0) is 16.1 Å². The number of hydrogen-bond donors (Lipinski definition) is 1.